The van der Waals surface area contributed by atoms with Crippen molar-refractivity contribution in [3.05, 3.63) is 5.51 Å². The van der Waals surface area contributed by atoms with Crippen molar-refractivity contribution in [2.75, 3.05) is 9.93 Å². The first kappa shape index (κ1) is 8.69. The molecule has 0 radical (unpaired) electrons. The van der Waals surface area contributed by atoms with Gasteiger partial charge in [0, 0.05) is 0 Å². The molecule has 1 aromatic rings. The van der Waals surface area contributed by atoms with Gasteiger partial charge in [-0.3, -0.25) is 4.72 Å². The lowest BCUT2D eigenvalue weighted by molar-refractivity contribution is 0.605. The van der Waals surface area contributed by atoms with E-state index in [1.807, 2.05) is 0 Å². The van der Waals surface area contributed by atoms with Gasteiger partial charge in [0.05, 0.1) is 0 Å². The molecule has 0 bridgehead atoms. The molecule has 0 unspecified atom stereocenters. The zero-order chi connectivity index (χ0) is 8.32. The smallest absolute Gasteiger partial charge is 0.248 e. The first-order valence-electron chi connectivity index (χ1n) is 2.47. The summed E-state index contributed by atoms with van der Waals surface area (Å²) >= 11 is 6.21. The maximum absolute atomic E-state index is 10.8. The van der Waals surface area contributed by atoms with Crippen LogP contribution in [0.25, 0.3) is 0 Å². The highest BCUT2D eigenvalue weighted by Crippen LogP contribution is 2.10. The van der Waals surface area contributed by atoms with Crippen molar-refractivity contribution in [3.8, 4) is 0 Å². The second kappa shape index (κ2) is 3.33. The minimum absolute atomic E-state index is 0.227. The number of rotatable bonds is 3. The van der Waals surface area contributed by atoms with Gasteiger partial charge in [0.15, 0.2) is 0 Å². The summed E-state index contributed by atoms with van der Waals surface area (Å²) in [5.74, 6) is 0. The van der Waals surface area contributed by atoms with Crippen LogP contribution in [0.5, 0.6) is 0 Å². The first-order valence-corrected chi connectivity index (χ1v) is 5.53. The monoisotopic (exact) mass is 213 g/mol. The molecule has 0 aliphatic carbocycles. The van der Waals surface area contributed by atoms with Crippen molar-refractivity contribution >= 4 is 38.1 Å². The molecule has 0 fully saturated rings. The molecule has 1 aromatic heterocycles. The average Bonchev–Trinajstić information content (AvgIpc) is 2.39. The topological polar surface area (TPSA) is 72.0 Å². The quantitative estimate of drug-likeness (QED) is 0.742. The van der Waals surface area contributed by atoms with Gasteiger partial charge in [0.1, 0.15) is 10.7 Å². The Kier molecular flexibility index (Phi) is 2.63. The predicted octanol–water partition coefficient (Wildman–Crippen LogP) is 0.476. The Balaban J connectivity index is 2.72. The van der Waals surface area contributed by atoms with E-state index in [0.29, 0.717) is 0 Å². The molecule has 0 aromatic carbocycles. The van der Waals surface area contributed by atoms with Crippen LogP contribution in [0.2, 0.25) is 0 Å². The highest BCUT2D eigenvalue weighted by Gasteiger charge is 2.09. The summed E-state index contributed by atoms with van der Waals surface area (Å²) in [6.45, 7) is 0. The lowest BCUT2D eigenvalue weighted by Gasteiger charge is -1.97. The molecule has 0 spiro atoms. The van der Waals surface area contributed by atoms with Gasteiger partial charge in [0.25, 0.3) is 0 Å². The third-order valence-corrected chi connectivity index (χ3v) is 3.14. The van der Waals surface area contributed by atoms with E-state index in [0.717, 1.165) is 11.3 Å². The highest BCUT2D eigenvalue weighted by molar-refractivity contribution is 7.94. The van der Waals surface area contributed by atoms with Crippen LogP contribution < -0.4 is 4.72 Å². The fourth-order valence-corrected chi connectivity index (χ4v) is 1.76. The molecular formula is C3H4ClN3O2S2. The number of sulfonamides is 1. The number of halogens is 1. The van der Waals surface area contributed by atoms with Crippen molar-refractivity contribution in [2.45, 2.75) is 0 Å². The lowest BCUT2D eigenvalue weighted by atomic mass is 11.3. The molecular weight excluding hydrogens is 210 g/mol. The SMILES string of the molecule is O=S(=O)(CCl)Nc1nncs1. The second-order valence-electron chi connectivity index (χ2n) is 1.57. The fourth-order valence-electron chi connectivity index (χ4n) is 0.378. The molecule has 0 amide bonds. The van der Waals surface area contributed by atoms with E-state index in [2.05, 4.69) is 14.9 Å². The summed E-state index contributed by atoms with van der Waals surface area (Å²) in [5, 5.41) is 6.66. The van der Waals surface area contributed by atoms with Gasteiger partial charge in [-0.25, -0.2) is 8.42 Å². The molecule has 8 heteroatoms. The van der Waals surface area contributed by atoms with Crippen molar-refractivity contribution in [1.29, 1.82) is 0 Å². The van der Waals surface area contributed by atoms with Gasteiger partial charge in [-0.2, -0.15) is 0 Å². The van der Waals surface area contributed by atoms with Gasteiger partial charge in [0.2, 0.25) is 15.2 Å². The number of nitrogens with one attached hydrogen (secondary N) is 1. The Morgan fingerprint density at radius 1 is 1.73 bits per heavy atom. The fraction of sp³-hybridized carbons (Fsp3) is 0.333. The maximum Gasteiger partial charge on any atom is 0.248 e. The van der Waals surface area contributed by atoms with E-state index < -0.39 is 15.2 Å². The van der Waals surface area contributed by atoms with E-state index in [1.165, 1.54) is 5.51 Å². The summed E-state index contributed by atoms with van der Waals surface area (Å²) in [6.07, 6.45) is 0. The number of hydrogen-bond acceptors (Lipinski definition) is 5. The number of alkyl halides is 1. The first-order chi connectivity index (χ1) is 5.14. The van der Waals surface area contributed by atoms with Crippen LogP contribution in [0, 0.1) is 0 Å². The van der Waals surface area contributed by atoms with Crippen molar-refractivity contribution in [1.82, 2.24) is 10.2 Å². The Morgan fingerprint density at radius 3 is 2.91 bits per heavy atom. The van der Waals surface area contributed by atoms with E-state index >= 15 is 0 Å². The normalized spacial score (nSPS) is 11.4. The van der Waals surface area contributed by atoms with E-state index in [1.54, 1.807) is 0 Å². The number of anilines is 1. The van der Waals surface area contributed by atoms with E-state index in [9.17, 15) is 8.42 Å². The maximum atomic E-state index is 10.8. The van der Waals surface area contributed by atoms with E-state index in [-0.39, 0.29) is 5.13 Å². The average molecular weight is 214 g/mol. The Morgan fingerprint density at radius 2 is 2.45 bits per heavy atom. The zero-order valence-electron chi connectivity index (χ0n) is 5.19. The summed E-state index contributed by atoms with van der Waals surface area (Å²) in [5.41, 5.74) is 1.42. The molecule has 0 aliphatic heterocycles. The molecule has 62 valence electrons. The third kappa shape index (κ3) is 2.60. The Labute approximate surface area is 72.5 Å². The Bertz CT molecular complexity index is 307. The standard InChI is InChI=1S/C3H4ClN3O2S2/c4-1-11(8,9)7-3-6-5-2-10-3/h2H,1H2,(H,6,7). The summed E-state index contributed by atoms with van der Waals surface area (Å²) in [7, 11) is -3.42. The van der Waals surface area contributed by atoms with Gasteiger partial charge < -0.3 is 0 Å². The van der Waals surface area contributed by atoms with Crippen molar-refractivity contribution in [2.24, 2.45) is 0 Å². The number of aromatic nitrogens is 2. The predicted molar refractivity (Wildman–Crippen MR) is 43.2 cm³/mol. The summed E-state index contributed by atoms with van der Waals surface area (Å²) < 4.78 is 23.7. The van der Waals surface area contributed by atoms with Gasteiger partial charge in [-0.1, -0.05) is 11.3 Å². The molecule has 5 nitrogen and oxygen atoms in total. The highest BCUT2D eigenvalue weighted by atomic mass is 35.5. The molecule has 1 rings (SSSR count). The summed E-state index contributed by atoms with van der Waals surface area (Å²) in [4.78, 5) is 0. The molecule has 0 aliphatic rings. The third-order valence-electron chi connectivity index (χ3n) is 0.746. The molecule has 0 saturated carbocycles. The molecule has 1 heterocycles. The van der Waals surface area contributed by atoms with Crippen LogP contribution in [-0.2, 0) is 10.0 Å². The van der Waals surface area contributed by atoms with Crippen LogP contribution in [0.1, 0.15) is 0 Å². The Hall–Kier alpha value is -0.400. The van der Waals surface area contributed by atoms with E-state index in [4.69, 9.17) is 11.6 Å². The van der Waals surface area contributed by atoms with Crippen molar-refractivity contribution in [3.63, 3.8) is 0 Å². The second-order valence-corrected chi connectivity index (χ2v) is 4.71. The number of nitrogens with zero attached hydrogens (tertiary/aromatic N) is 2. The van der Waals surface area contributed by atoms with Crippen LogP contribution in [0.3, 0.4) is 0 Å². The number of hydrogen-bond donors (Lipinski definition) is 1. The minimum atomic E-state index is -3.42. The zero-order valence-corrected chi connectivity index (χ0v) is 7.58. The van der Waals surface area contributed by atoms with Crippen LogP contribution in [0.15, 0.2) is 5.51 Å². The lowest BCUT2D eigenvalue weighted by Crippen LogP contribution is -2.13. The van der Waals surface area contributed by atoms with Gasteiger partial charge in [-0.05, 0) is 0 Å². The molecule has 1 N–H and O–H groups in total. The minimum Gasteiger partial charge on any atom is -0.256 e. The van der Waals surface area contributed by atoms with Crippen LogP contribution in [0.4, 0.5) is 5.13 Å². The molecule has 0 atom stereocenters. The largest absolute Gasteiger partial charge is 0.256 e. The van der Waals surface area contributed by atoms with Crippen LogP contribution >= 0.6 is 22.9 Å². The van der Waals surface area contributed by atoms with Crippen LogP contribution in [-0.4, -0.2) is 23.8 Å². The van der Waals surface area contributed by atoms with Gasteiger partial charge in [-0.15, -0.1) is 21.8 Å². The van der Waals surface area contributed by atoms with Crippen molar-refractivity contribution < 1.29 is 8.42 Å². The summed E-state index contributed by atoms with van der Waals surface area (Å²) in [6, 6.07) is 0. The van der Waals surface area contributed by atoms with Gasteiger partial charge >= 0.3 is 0 Å². The molecule has 0 saturated heterocycles. The molecule has 11 heavy (non-hydrogen) atoms.